The molecule has 0 saturated heterocycles. The molecule has 4 aromatic carbocycles. The molecule has 0 amide bonds. The smallest absolute Gasteiger partial charge is 0.343 e. The van der Waals surface area contributed by atoms with Crippen LogP contribution in [-0.2, 0) is 4.74 Å². The summed E-state index contributed by atoms with van der Waals surface area (Å²) in [5.74, 6) is 0.0340. The molecule has 0 bridgehead atoms. The van der Waals surface area contributed by atoms with Crippen molar-refractivity contribution in [2.45, 2.75) is 6.10 Å². The van der Waals surface area contributed by atoms with Gasteiger partial charge in [-0.15, -0.1) is 0 Å². The highest BCUT2D eigenvalue weighted by Crippen LogP contribution is 2.29. The van der Waals surface area contributed by atoms with Gasteiger partial charge in [-0.1, -0.05) is 91.0 Å². The normalized spacial score (nSPS) is 11.4. The second-order valence-electron chi connectivity index (χ2n) is 6.84. The van der Waals surface area contributed by atoms with Gasteiger partial charge in [0.1, 0.15) is 17.1 Å². The number of Topliss-reactive ketones (excluding diaryl/α,β-unsaturated/α-hetero) is 1. The standard InChI is InChI=1S/C27H20O4/c28-25(20-12-4-1-5-13-20)26(21-14-6-2-7-15-21)31-27(29)23-18-10-11-19-24(23)30-22-16-8-3-9-17-22/h1-19,26H. The van der Waals surface area contributed by atoms with Crippen LogP contribution >= 0.6 is 0 Å². The van der Waals surface area contributed by atoms with E-state index in [4.69, 9.17) is 9.47 Å². The minimum Gasteiger partial charge on any atom is -0.456 e. The number of rotatable bonds is 7. The first-order chi connectivity index (χ1) is 15.2. The molecule has 1 atom stereocenters. The van der Waals surface area contributed by atoms with Crippen molar-refractivity contribution in [1.82, 2.24) is 0 Å². The highest BCUT2D eigenvalue weighted by atomic mass is 16.5. The number of ether oxygens (including phenoxy) is 2. The summed E-state index contributed by atoms with van der Waals surface area (Å²) in [6.07, 6.45) is -1.07. The Morgan fingerprint density at radius 1 is 0.613 bits per heavy atom. The molecule has 0 spiro atoms. The molecule has 0 N–H and O–H groups in total. The van der Waals surface area contributed by atoms with Gasteiger partial charge in [0.15, 0.2) is 6.10 Å². The maximum Gasteiger partial charge on any atom is 0.343 e. The number of ketones is 1. The Kier molecular flexibility index (Phi) is 6.19. The van der Waals surface area contributed by atoms with E-state index in [-0.39, 0.29) is 11.3 Å². The zero-order chi connectivity index (χ0) is 21.5. The van der Waals surface area contributed by atoms with Crippen LogP contribution in [0.25, 0.3) is 0 Å². The monoisotopic (exact) mass is 408 g/mol. The van der Waals surface area contributed by atoms with Crippen LogP contribution < -0.4 is 4.74 Å². The van der Waals surface area contributed by atoms with Gasteiger partial charge in [0, 0.05) is 11.1 Å². The lowest BCUT2D eigenvalue weighted by Gasteiger charge is -2.18. The van der Waals surface area contributed by atoms with Gasteiger partial charge in [-0.3, -0.25) is 4.79 Å². The molecule has 152 valence electrons. The molecule has 0 radical (unpaired) electrons. The quantitative estimate of drug-likeness (QED) is 0.267. The second-order valence-corrected chi connectivity index (χ2v) is 6.84. The fraction of sp³-hybridized carbons (Fsp3) is 0.0370. The van der Waals surface area contributed by atoms with Crippen LogP contribution in [0.2, 0.25) is 0 Å². The zero-order valence-corrected chi connectivity index (χ0v) is 16.7. The Labute approximate surface area is 180 Å². The van der Waals surface area contributed by atoms with Gasteiger partial charge in [0.05, 0.1) is 0 Å². The van der Waals surface area contributed by atoms with E-state index in [1.54, 1.807) is 84.9 Å². The lowest BCUT2D eigenvalue weighted by atomic mass is 9.99. The van der Waals surface area contributed by atoms with E-state index in [9.17, 15) is 9.59 Å². The number of carbonyl (C=O) groups is 2. The van der Waals surface area contributed by atoms with Gasteiger partial charge < -0.3 is 9.47 Å². The lowest BCUT2D eigenvalue weighted by molar-refractivity contribution is 0.0277. The second kappa shape index (κ2) is 9.55. The fourth-order valence-corrected chi connectivity index (χ4v) is 3.16. The van der Waals surface area contributed by atoms with Crippen molar-refractivity contribution in [3.8, 4) is 11.5 Å². The van der Waals surface area contributed by atoms with E-state index in [0.29, 0.717) is 22.6 Å². The number of para-hydroxylation sites is 2. The van der Waals surface area contributed by atoms with Crippen molar-refractivity contribution in [3.63, 3.8) is 0 Å². The number of esters is 1. The third-order valence-electron chi connectivity index (χ3n) is 4.70. The van der Waals surface area contributed by atoms with Gasteiger partial charge in [0.2, 0.25) is 5.78 Å². The molecular weight excluding hydrogens is 388 g/mol. The van der Waals surface area contributed by atoms with Crippen molar-refractivity contribution in [1.29, 1.82) is 0 Å². The first kappa shape index (κ1) is 20.1. The summed E-state index contributed by atoms with van der Waals surface area (Å²) in [5, 5.41) is 0. The summed E-state index contributed by atoms with van der Waals surface area (Å²) in [6.45, 7) is 0. The van der Waals surface area contributed by atoms with Crippen LogP contribution in [0.3, 0.4) is 0 Å². The summed E-state index contributed by atoms with van der Waals surface area (Å²) in [7, 11) is 0. The lowest BCUT2D eigenvalue weighted by Crippen LogP contribution is -2.20. The third kappa shape index (κ3) is 4.87. The minimum atomic E-state index is -1.07. The summed E-state index contributed by atoms with van der Waals surface area (Å²) >= 11 is 0. The highest BCUT2D eigenvalue weighted by molar-refractivity contribution is 6.02. The Hall–Kier alpha value is -4.18. The third-order valence-corrected chi connectivity index (χ3v) is 4.70. The highest BCUT2D eigenvalue weighted by Gasteiger charge is 2.27. The summed E-state index contributed by atoms with van der Waals surface area (Å²) in [6, 6.07) is 33.8. The van der Waals surface area contributed by atoms with E-state index >= 15 is 0 Å². The van der Waals surface area contributed by atoms with Crippen molar-refractivity contribution < 1.29 is 19.1 Å². The minimum absolute atomic E-state index is 0.244. The van der Waals surface area contributed by atoms with E-state index in [1.165, 1.54) is 0 Å². The number of carbonyl (C=O) groups excluding carboxylic acids is 2. The maximum absolute atomic E-state index is 13.2. The van der Waals surface area contributed by atoms with E-state index in [0.717, 1.165) is 0 Å². The van der Waals surface area contributed by atoms with E-state index in [2.05, 4.69) is 0 Å². The van der Waals surface area contributed by atoms with Gasteiger partial charge in [-0.2, -0.15) is 0 Å². The fourth-order valence-electron chi connectivity index (χ4n) is 3.16. The number of benzene rings is 4. The molecule has 4 aromatic rings. The van der Waals surface area contributed by atoms with Gasteiger partial charge >= 0.3 is 5.97 Å². The van der Waals surface area contributed by atoms with E-state index < -0.39 is 12.1 Å². The Morgan fingerprint density at radius 3 is 1.84 bits per heavy atom. The van der Waals surface area contributed by atoms with E-state index in [1.807, 2.05) is 30.3 Å². The first-order valence-corrected chi connectivity index (χ1v) is 9.89. The average molecular weight is 408 g/mol. The van der Waals surface area contributed by atoms with Crippen molar-refractivity contribution in [3.05, 3.63) is 132 Å². The van der Waals surface area contributed by atoms with Gasteiger partial charge in [-0.25, -0.2) is 4.79 Å². The zero-order valence-electron chi connectivity index (χ0n) is 16.7. The molecule has 31 heavy (non-hydrogen) atoms. The topological polar surface area (TPSA) is 52.6 Å². The largest absolute Gasteiger partial charge is 0.456 e. The van der Waals surface area contributed by atoms with Crippen molar-refractivity contribution in [2.75, 3.05) is 0 Å². The summed E-state index contributed by atoms with van der Waals surface area (Å²) in [4.78, 5) is 26.3. The van der Waals surface area contributed by atoms with Crippen molar-refractivity contribution in [2.24, 2.45) is 0 Å². The molecule has 0 aromatic heterocycles. The van der Waals surface area contributed by atoms with Crippen LogP contribution in [0.5, 0.6) is 11.5 Å². The van der Waals surface area contributed by atoms with Crippen molar-refractivity contribution >= 4 is 11.8 Å². The Morgan fingerprint density at radius 2 is 1.16 bits per heavy atom. The van der Waals surface area contributed by atoms with Crippen LogP contribution in [-0.4, -0.2) is 11.8 Å². The molecule has 0 aliphatic heterocycles. The van der Waals surface area contributed by atoms with Gasteiger partial charge in [0.25, 0.3) is 0 Å². The predicted molar refractivity (Wildman–Crippen MR) is 118 cm³/mol. The number of hydrogen-bond acceptors (Lipinski definition) is 4. The molecule has 0 saturated carbocycles. The van der Waals surface area contributed by atoms with Crippen LogP contribution in [0, 0.1) is 0 Å². The van der Waals surface area contributed by atoms with Crippen LogP contribution in [0.15, 0.2) is 115 Å². The first-order valence-electron chi connectivity index (χ1n) is 9.89. The predicted octanol–water partition coefficient (Wildman–Crippen LogP) is 6.26. The summed E-state index contributed by atoms with van der Waals surface area (Å²) in [5.41, 5.74) is 1.32. The Bertz CT molecular complexity index is 1160. The molecule has 0 aliphatic carbocycles. The molecule has 4 heteroatoms. The summed E-state index contributed by atoms with van der Waals surface area (Å²) < 4.78 is 11.6. The molecule has 0 heterocycles. The molecular formula is C27H20O4. The number of hydrogen-bond donors (Lipinski definition) is 0. The molecule has 0 fully saturated rings. The molecule has 4 rings (SSSR count). The molecule has 1 unspecified atom stereocenters. The molecule has 4 nitrogen and oxygen atoms in total. The van der Waals surface area contributed by atoms with Gasteiger partial charge in [-0.05, 0) is 24.3 Å². The molecule has 0 aliphatic rings. The average Bonchev–Trinajstić information content (AvgIpc) is 2.84. The SMILES string of the molecule is O=C(OC(C(=O)c1ccccc1)c1ccccc1)c1ccccc1Oc1ccccc1. The van der Waals surface area contributed by atoms with Crippen LogP contribution in [0.1, 0.15) is 32.4 Å². The van der Waals surface area contributed by atoms with Crippen LogP contribution in [0.4, 0.5) is 0 Å². The maximum atomic E-state index is 13.2. The Balaban J connectivity index is 1.64.